The van der Waals surface area contributed by atoms with E-state index in [1.807, 2.05) is 0 Å². The van der Waals surface area contributed by atoms with Crippen LogP contribution in [0.3, 0.4) is 0 Å². The first-order valence-corrected chi connectivity index (χ1v) is 6.16. The molecule has 0 bridgehead atoms. The average Bonchev–Trinajstić information content (AvgIpc) is 2.27. The van der Waals surface area contributed by atoms with E-state index in [4.69, 9.17) is 5.11 Å². The van der Waals surface area contributed by atoms with Crippen molar-refractivity contribution in [2.45, 2.75) is 33.2 Å². The third-order valence-corrected chi connectivity index (χ3v) is 3.63. The van der Waals surface area contributed by atoms with E-state index in [9.17, 15) is 4.39 Å². The molecule has 0 atom stereocenters. The fourth-order valence-electron chi connectivity index (χ4n) is 2.22. The molecule has 1 N–H and O–H groups in total. The number of hydrogen-bond acceptors (Lipinski definition) is 2. The van der Waals surface area contributed by atoms with E-state index in [1.54, 1.807) is 6.07 Å². The second kappa shape index (κ2) is 4.65. The Bertz CT molecular complexity index is 393. The van der Waals surface area contributed by atoms with Gasteiger partial charge in [-0.3, -0.25) is 4.90 Å². The minimum Gasteiger partial charge on any atom is -0.505 e. The predicted octanol–water partition coefficient (Wildman–Crippen LogP) is 3.15. The summed E-state index contributed by atoms with van der Waals surface area (Å²) in [5, 5.41) is 9.13. The fourth-order valence-corrected chi connectivity index (χ4v) is 2.22. The van der Waals surface area contributed by atoms with Gasteiger partial charge in [-0.15, -0.1) is 0 Å². The van der Waals surface area contributed by atoms with Crippen LogP contribution >= 0.6 is 0 Å². The van der Waals surface area contributed by atoms with Crippen LogP contribution in [-0.2, 0) is 6.54 Å². The number of piperidine rings is 1. The quantitative estimate of drug-likeness (QED) is 0.854. The Kier molecular flexibility index (Phi) is 3.38. The lowest BCUT2D eigenvalue weighted by Gasteiger charge is -2.36. The largest absolute Gasteiger partial charge is 0.505 e. The van der Waals surface area contributed by atoms with Crippen molar-refractivity contribution >= 4 is 0 Å². The van der Waals surface area contributed by atoms with Crippen molar-refractivity contribution in [3.63, 3.8) is 0 Å². The van der Waals surface area contributed by atoms with Crippen molar-refractivity contribution in [2.24, 2.45) is 5.41 Å². The lowest BCUT2D eigenvalue weighted by Crippen LogP contribution is -2.36. The summed E-state index contributed by atoms with van der Waals surface area (Å²) in [7, 11) is 0. The molecule has 1 saturated heterocycles. The zero-order chi connectivity index (χ0) is 12.5. The lowest BCUT2D eigenvalue weighted by molar-refractivity contribution is 0.127. The molecule has 0 amide bonds. The van der Waals surface area contributed by atoms with Gasteiger partial charge in [-0.05, 0) is 49.0 Å². The van der Waals surface area contributed by atoms with Crippen molar-refractivity contribution < 1.29 is 9.50 Å². The van der Waals surface area contributed by atoms with E-state index in [2.05, 4.69) is 18.7 Å². The molecule has 0 unspecified atom stereocenters. The van der Waals surface area contributed by atoms with Gasteiger partial charge >= 0.3 is 0 Å². The van der Waals surface area contributed by atoms with Gasteiger partial charge in [0.1, 0.15) is 0 Å². The Morgan fingerprint density at radius 1 is 1.29 bits per heavy atom. The van der Waals surface area contributed by atoms with Gasteiger partial charge < -0.3 is 5.11 Å². The van der Waals surface area contributed by atoms with E-state index in [-0.39, 0.29) is 5.75 Å². The van der Waals surface area contributed by atoms with Crippen LogP contribution < -0.4 is 0 Å². The predicted molar refractivity (Wildman–Crippen MR) is 66.4 cm³/mol. The Hall–Kier alpha value is -1.09. The number of hydrogen-bond donors (Lipinski definition) is 1. The number of likely N-dealkylation sites (tertiary alicyclic amines) is 1. The fraction of sp³-hybridized carbons (Fsp3) is 0.571. The summed E-state index contributed by atoms with van der Waals surface area (Å²) in [6.45, 7) is 7.49. The monoisotopic (exact) mass is 237 g/mol. The normalized spacial score (nSPS) is 20.4. The number of phenols is 1. The van der Waals surface area contributed by atoms with Gasteiger partial charge in [-0.25, -0.2) is 4.39 Å². The number of halogens is 1. The molecule has 3 heteroatoms. The Morgan fingerprint density at radius 2 is 1.94 bits per heavy atom. The van der Waals surface area contributed by atoms with Gasteiger partial charge in [0.25, 0.3) is 0 Å². The minimum atomic E-state index is -0.528. The molecule has 0 aromatic heterocycles. The van der Waals surface area contributed by atoms with Gasteiger partial charge in [0, 0.05) is 6.54 Å². The molecule has 1 aliphatic rings. The van der Waals surface area contributed by atoms with Gasteiger partial charge in [0.15, 0.2) is 11.6 Å². The second-order valence-electron chi connectivity index (χ2n) is 5.73. The summed E-state index contributed by atoms with van der Waals surface area (Å²) in [4.78, 5) is 2.34. The molecule has 1 heterocycles. The summed E-state index contributed by atoms with van der Waals surface area (Å²) in [5.74, 6) is -0.798. The van der Waals surface area contributed by atoms with Crippen LogP contribution in [0.15, 0.2) is 18.2 Å². The van der Waals surface area contributed by atoms with Crippen molar-refractivity contribution in [1.82, 2.24) is 4.90 Å². The molecule has 17 heavy (non-hydrogen) atoms. The summed E-state index contributed by atoms with van der Waals surface area (Å²) < 4.78 is 13.2. The van der Waals surface area contributed by atoms with E-state index in [0.29, 0.717) is 5.41 Å². The van der Waals surface area contributed by atoms with Crippen LogP contribution in [-0.4, -0.2) is 23.1 Å². The van der Waals surface area contributed by atoms with Crippen LogP contribution in [0, 0.1) is 11.2 Å². The first-order valence-electron chi connectivity index (χ1n) is 6.16. The van der Waals surface area contributed by atoms with Crippen LogP contribution in [0.2, 0.25) is 0 Å². The number of aromatic hydroxyl groups is 1. The third kappa shape index (κ3) is 3.19. The zero-order valence-electron chi connectivity index (χ0n) is 10.5. The maximum atomic E-state index is 13.2. The number of rotatable bonds is 2. The molecule has 0 radical (unpaired) electrons. The zero-order valence-corrected chi connectivity index (χ0v) is 10.5. The van der Waals surface area contributed by atoms with Gasteiger partial charge in [-0.2, -0.15) is 0 Å². The molecule has 94 valence electrons. The van der Waals surface area contributed by atoms with E-state index in [1.165, 1.54) is 25.0 Å². The average molecular weight is 237 g/mol. The van der Waals surface area contributed by atoms with Crippen LogP contribution in [0.5, 0.6) is 5.75 Å². The number of nitrogens with zero attached hydrogens (tertiary/aromatic N) is 1. The molecule has 1 aromatic rings. The van der Waals surface area contributed by atoms with Crippen LogP contribution in [0.1, 0.15) is 32.3 Å². The summed E-state index contributed by atoms with van der Waals surface area (Å²) >= 11 is 0. The maximum absolute atomic E-state index is 13.2. The lowest BCUT2D eigenvalue weighted by atomic mass is 9.82. The highest BCUT2D eigenvalue weighted by Crippen LogP contribution is 2.30. The molecule has 1 fully saturated rings. The molecule has 1 aliphatic heterocycles. The summed E-state index contributed by atoms with van der Waals surface area (Å²) in [6.07, 6.45) is 2.38. The van der Waals surface area contributed by atoms with Crippen molar-refractivity contribution in [1.29, 1.82) is 0 Å². The highest BCUT2D eigenvalue weighted by molar-refractivity contribution is 5.27. The van der Waals surface area contributed by atoms with Crippen molar-refractivity contribution in [2.75, 3.05) is 13.1 Å². The topological polar surface area (TPSA) is 23.5 Å². The molecule has 2 rings (SSSR count). The molecule has 1 aromatic carbocycles. The van der Waals surface area contributed by atoms with E-state index in [0.717, 1.165) is 25.2 Å². The standard InChI is InChI=1S/C14H20FNO/c1-14(2)5-7-16(8-6-14)10-11-3-4-13(17)12(15)9-11/h3-4,9,17H,5-8,10H2,1-2H3. The minimum absolute atomic E-state index is 0.270. The molecule has 0 saturated carbocycles. The van der Waals surface area contributed by atoms with Crippen molar-refractivity contribution in [3.05, 3.63) is 29.6 Å². The Balaban J connectivity index is 1.95. The Morgan fingerprint density at radius 3 is 2.53 bits per heavy atom. The molecule has 2 nitrogen and oxygen atoms in total. The van der Waals surface area contributed by atoms with Gasteiger partial charge in [0.2, 0.25) is 0 Å². The number of benzene rings is 1. The molecular formula is C14H20FNO. The van der Waals surface area contributed by atoms with E-state index < -0.39 is 5.82 Å². The highest BCUT2D eigenvalue weighted by atomic mass is 19.1. The Labute approximate surface area is 102 Å². The SMILES string of the molecule is CC1(C)CCN(Cc2ccc(O)c(F)c2)CC1. The third-order valence-electron chi connectivity index (χ3n) is 3.63. The summed E-state index contributed by atoms with van der Waals surface area (Å²) in [6, 6.07) is 4.64. The first kappa shape index (κ1) is 12.4. The van der Waals surface area contributed by atoms with Gasteiger partial charge in [-0.1, -0.05) is 19.9 Å². The summed E-state index contributed by atoms with van der Waals surface area (Å²) in [5.41, 5.74) is 1.37. The smallest absolute Gasteiger partial charge is 0.165 e. The van der Waals surface area contributed by atoms with Gasteiger partial charge in [0.05, 0.1) is 0 Å². The second-order valence-corrected chi connectivity index (χ2v) is 5.73. The number of phenolic OH excluding ortho intramolecular Hbond substituents is 1. The van der Waals surface area contributed by atoms with Crippen LogP contribution in [0.25, 0.3) is 0 Å². The maximum Gasteiger partial charge on any atom is 0.165 e. The molecule has 0 spiro atoms. The molecule has 0 aliphatic carbocycles. The van der Waals surface area contributed by atoms with Crippen LogP contribution in [0.4, 0.5) is 4.39 Å². The molecular weight excluding hydrogens is 217 g/mol. The highest BCUT2D eigenvalue weighted by Gasteiger charge is 2.25. The van der Waals surface area contributed by atoms with Crippen molar-refractivity contribution in [3.8, 4) is 5.75 Å². The van der Waals surface area contributed by atoms with E-state index >= 15 is 0 Å². The first-order chi connectivity index (χ1) is 7.96.